The van der Waals surface area contributed by atoms with E-state index >= 15 is 0 Å². The lowest BCUT2D eigenvalue weighted by molar-refractivity contribution is -0.138. The van der Waals surface area contributed by atoms with Crippen LogP contribution in [-0.2, 0) is 29.2 Å². The number of carbonyl (C=O) groups excluding carboxylic acids is 1. The molecule has 1 aliphatic heterocycles. The molecule has 0 unspecified atom stereocenters. The molecule has 1 saturated carbocycles. The van der Waals surface area contributed by atoms with E-state index in [0.29, 0.717) is 18.5 Å². The van der Waals surface area contributed by atoms with Crippen LogP contribution in [0.4, 0.5) is 24.8 Å². The van der Waals surface area contributed by atoms with Crippen LogP contribution >= 0.6 is 0 Å². The van der Waals surface area contributed by atoms with Gasteiger partial charge in [0.25, 0.3) is 0 Å². The zero-order valence-electron chi connectivity index (χ0n) is 22.1. The topological polar surface area (TPSA) is 93.3 Å². The molecule has 2 heterocycles. The average molecular weight is 534 g/mol. The molecule has 3 aromatic rings. The van der Waals surface area contributed by atoms with Gasteiger partial charge in [0, 0.05) is 29.1 Å². The summed E-state index contributed by atoms with van der Waals surface area (Å²) in [6, 6.07) is 14.8. The molecule has 1 aromatic heterocycles. The van der Waals surface area contributed by atoms with Gasteiger partial charge in [0.15, 0.2) is 0 Å². The number of anilines is 2. The number of amides is 1. The molecule has 1 amide bonds. The van der Waals surface area contributed by atoms with Gasteiger partial charge in [0.1, 0.15) is 0 Å². The number of aliphatic imine (C=N–C) groups is 1. The molecule has 9 heteroatoms. The first kappa shape index (κ1) is 26.6. The molecule has 0 spiro atoms. The lowest BCUT2D eigenvalue weighted by atomic mass is 9.81. The number of hydrogen-bond donors (Lipinski definition) is 2. The molecule has 1 aliphatic carbocycles. The van der Waals surface area contributed by atoms with E-state index in [1.54, 1.807) is 0 Å². The Balaban J connectivity index is 1.35. The van der Waals surface area contributed by atoms with E-state index in [-0.39, 0.29) is 29.9 Å². The van der Waals surface area contributed by atoms with Crippen molar-refractivity contribution in [2.24, 2.45) is 16.1 Å². The number of aryl methyl sites for hydroxylation is 2. The van der Waals surface area contributed by atoms with E-state index in [9.17, 15) is 18.0 Å². The molecular weight excluding hydrogens is 503 g/mol. The Labute approximate surface area is 225 Å². The number of alkyl halides is 3. The van der Waals surface area contributed by atoms with Gasteiger partial charge in [-0.2, -0.15) is 13.2 Å². The highest BCUT2D eigenvalue weighted by atomic mass is 19.4. The fourth-order valence-corrected chi connectivity index (χ4v) is 5.00. The highest BCUT2D eigenvalue weighted by Crippen LogP contribution is 2.49. The Hall–Kier alpha value is -4.01. The summed E-state index contributed by atoms with van der Waals surface area (Å²) < 4.78 is 41.4. The van der Waals surface area contributed by atoms with Gasteiger partial charge in [-0.1, -0.05) is 57.2 Å². The Kier molecular flexibility index (Phi) is 6.56. The fraction of sp³-hybridized carbons (Fsp3) is 0.333. The standard InChI is InChI=1S/C30H30F3N5O/c1-28(2,3)25-21(16-35-25)18-8-11-20(12-9-18)37-27-36-17-23(30(31,32)33)24(38-27)13-10-19-6-4-5-7-22(19)29(14-15-29)26(34)39/h4-9,11-12,16-17H,10,13-15H2,1-3H3,(H2,34,39)(H,36,37,38). The normalized spacial score (nSPS) is 16.2. The maximum absolute atomic E-state index is 13.8. The summed E-state index contributed by atoms with van der Waals surface area (Å²) in [6.07, 6.45) is -0.331. The molecule has 202 valence electrons. The van der Waals surface area contributed by atoms with Gasteiger partial charge < -0.3 is 11.1 Å². The third-order valence-corrected chi connectivity index (χ3v) is 7.30. The fourth-order valence-electron chi connectivity index (χ4n) is 5.00. The van der Waals surface area contributed by atoms with Crippen LogP contribution in [0.15, 0.2) is 65.9 Å². The SMILES string of the molecule is CC(C)(C)C1=NC=C1c1ccc(Nc2ncc(C(F)(F)F)c(CCc3ccccc3C3(C(N)=O)CC3)n2)cc1. The number of hydrogen-bond acceptors (Lipinski definition) is 5. The zero-order valence-corrected chi connectivity index (χ0v) is 22.1. The number of nitrogens with one attached hydrogen (secondary N) is 1. The molecule has 0 bridgehead atoms. The number of rotatable bonds is 8. The van der Waals surface area contributed by atoms with Crippen LogP contribution in [0.1, 0.15) is 61.6 Å². The van der Waals surface area contributed by atoms with Gasteiger partial charge in [-0.15, -0.1) is 0 Å². The van der Waals surface area contributed by atoms with Crippen LogP contribution in [0, 0.1) is 5.41 Å². The van der Waals surface area contributed by atoms with Crippen LogP contribution in [-0.4, -0.2) is 21.6 Å². The van der Waals surface area contributed by atoms with Crippen LogP contribution < -0.4 is 11.1 Å². The second kappa shape index (κ2) is 9.63. The van der Waals surface area contributed by atoms with Crippen molar-refractivity contribution in [2.45, 2.75) is 58.0 Å². The third kappa shape index (κ3) is 5.30. The van der Waals surface area contributed by atoms with E-state index in [1.807, 2.05) is 54.7 Å². The molecule has 5 rings (SSSR count). The summed E-state index contributed by atoms with van der Waals surface area (Å²) in [5, 5.41) is 3.02. The second-order valence-electron chi connectivity index (χ2n) is 11.1. The van der Waals surface area contributed by atoms with Crippen LogP contribution in [0.2, 0.25) is 0 Å². The number of carbonyl (C=O) groups is 1. The van der Waals surface area contributed by atoms with E-state index in [1.165, 1.54) is 0 Å². The number of primary amides is 1. The van der Waals surface area contributed by atoms with Crippen LogP contribution in [0.5, 0.6) is 0 Å². The van der Waals surface area contributed by atoms with Crippen LogP contribution in [0.25, 0.3) is 5.57 Å². The summed E-state index contributed by atoms with van der Waals surface area (Å²) in [5.41, 5.74) is 9.25. The van der Waals surface area contributed by atoms with Crippen molar-refractivity contribution in [1.82, 2.24) is 9.97 Å². The largest absolute Gasteiger partial charge is 0.419 e. The van der Waals surface area contributed by atoms with Crippen molar-refractivity contribution in [1.29, 1.82) is 0 Å². The molecule has 0 atom stereocenters. The minimum atomic E-state index is -4.59. The van der Waals surface area contributed by atoms with E-state index in [4.69, 9.17) is 5.73 Å². The summed E-state index contributed by atoms with van der Waals surface area (Å²) in [7, 11) is 0. The van der Waals surface area contributed by atoms with Gasteiger partial charge in [-0.05, 0) is 54.5 Å². The van der Waals surface area contributed by atoms with Crippen molar-refractivity contribution in [3.63, 3.8) is 0 Å². The molecule has 3 N–H and O–H groups in total. The van der Waals surface area contributed by atoms with Gasteiger partial charge >= 0.3 is 6.18 Å². The summed E-state index contributed by atoms with van der Waals surface area (Å²) in [4.78, 5) is 24.7. The number of nitrogens with zero attached hydrogens (tertiary/aromatic N) is 3. The minimum Gasteiger partial charge on any atom is -0.369 e. The quantitative estimate of drug-likeness (QED) is 0.351. The molecule has 2 aliphatic rings. The maximum atomic E-state index is 13.8. The molecule has 1 fully saturated rings. The number of nitrogens with two attached hydrogens (primary N) is 1. The predicted octanol–water partition coefficient (Wildman–Crippen LogP) is 6.38. The van der Waals surface area contributed by atoms with E-state index in [2.05, 4.69) is 41.0 Å². The Morgan fingerprint density at radius 3 is 2.28 bits per heavy atom. The highest BCUT2D eigenvalue weighted by Gasteiger charge is 2.50. The number of benzene rings is 2. The summed E-state index contributed by atoms with van der Waals surface area (Å²) in [6.45, 7) is 6.32. The molecule has 0 radical (unpaired) electrons. The first-order valence-electron chi connectivity index (χ1n) is 12.9. The Bertz CT molecular complexity index is 1480. The summed E-state index contributed by atoms with van der Waals surface area (Å²) in [5.74, 6) is -0.323. The van der Waals surface area contributed by atoms with Crippen molar-refractivity contribution in [2.75, 3.05) is 5.32 Å². The lowest BCUT2D eigenvalue weighted by Gasteiger charge is -2.28. The van der Waals surface area contributed by atoms with Gasteiger partial charge in [0.05, 0.1) is 22.4 Å². The molecule has 0 saturated heterocycles. The van der Waals surface area contributed by atoms with Gasteiger partial charge in [-0.25, -0.2) is 9.97 Å². The molecule has 39 heavy (non-hydrogen) atoms. The predicted molar refractivity (Wildman–Crippen MR) is 146 cm³/mol. The molecule has 2 aromatic carbocycles. The number of allylic oxidation sites excluding steroid dienone is 1. The smallest absolute Gasteiger partial charge is 0.369 e. The first-order chi connectivity index (χ1) is 18.4. The molecule has 6 nitrogen and oxygen atoms in total. The summed E-state index contributed by atoms with van der Waals surface area (Å²) >= 11 is 0. The maximum Gasteiger partial charge on any atom is 0.419 e. The monoisotopic (exact) mass is 533 g/mol. The van der Waals surface area contributed by atoms with E-state index in [0.717, 1.165) is 34.2 Å². The molecular formula is C30H30F3N5O. The zero-order chi connectivity index (χ0) is 28.0. The second-order valence-corrected chi connectivity index (χ2v) is 11.1. The lowest BCUT2D eigenvalue weighted by Crippen LogP contribution is -2.29. The van der Waals surface area contributed by atoms with Crippen molar-refractivity contribution < 1.29 is 18.0 Å². The Morgan fingerprint density at radius 2 is 1.72 bits per heavy atom. The number of halogens is 3. The van der Waals surface area contributed by atoms with Crippen molar-refractivity contribution >= 4 is 28.8 Å². The van der Waals surface area contributed by atoms with Crippen molar-refractivity contribution in [3.8, 4) is 0 Å². The highest BCUT2D eigenvalue weighted by molar-refractivity contribution is 6.30. The Morgan fingerprint density at radius 1 is 1.03 bits per heavy atom. The van der Waals surface area contributed by atoms with E-state index < -0.39 is 23.1 Å². The third-order valence-electron chi connectivity index (χ3n) is 7.30. The van der Waals surface area contributed by atoms with Crippen molar-refractivity contribution in [3.05, 3.63) is 88.9 Å². The van der Waals surface area contributed by atoms with Gasteiger partial charge in [0.2, 0.25) is 11.9 Å². The minimum absolute atomic E-state index is 0.0277. The van der Waals surface area contributed by atoms with Gasteiger partial charge in [-0.3, -0.25) is 9.79 Å². The van der Waals surface area contributed by atoms with Crippen LogP contribution in [0.3, 0.4) is 0 Å². The number of aromatic nitrogens is 2. The first-order valence-corrected chi connectivity index (χ1v) is 12.9. The average Bonchev–Trinajstić information content (AvgIpc) is 3.64.